The third-order valence-corrected chi connectivity index (χ3v) is 3.13. The number of pyridine rings is 1. The zero-order valence-electron chi connectivity index (χ0n) is 11.3. The highest BCUT2D eigenvalue weighted by Gasteiger charge is 2.38. The molecule has 2 rings (SSSR count). The summed E-state index contributed by atoms with van der Waals surface area (Å²) in [5, 5.41) is 8.72. The number of carboxylic acid groups (broad SMARTS) is 1. The lowest BCUT2D eigenvalue weighted by atomic mass is 10.1. The van der Waals surface area contributed by atoms with Crippen molar-refractivity contribution in [1.82, 2.24) is 9.88 Å². The summed E-state index contributed by atoms with van der Waals surface area (Å²) in [5.41, 5.74) is -1.80. The highest BCUT2D eigenvalue weighted by atomic mass is 19.4. The summed E-state index contributed by atoms with van der Waals surface area (Å²) in [4.78, 5) is 27.3. The number of rotatable bonds is 3. The van der Waals surface area contributed by atoms with E-state index in [2.05, 4.69) is 4.98 Å². The maximum Gasteiger partial charge on any atom is 0.434 e. The average molecular weight is 318 g/mol. The van der Waals surface area contributed by atoms with Crippen molar-refractivity contribution in [1.29, 1.82) is 0 Å². The highest BCUT2D eigenvalue weighted by molar-refractivity contribution is 5.95. The molecule has 1 aliphatic heterocycles. The van der Waals surface area contributed by atoms with E-state index in [-0.39, 0.29) is 26.1 Å². The second-order valence-electron chi connectivity index (χ2n) is 4.74. The normalized spacial score (nSPS) is 19.0. The zero-order valence-corrected chi connectivity index (χ0v) is 11.3. The molecule has 1 aliphatic rings. The van der Waals surface area contributed by atoms with Crippen LogP contribution in [0.2, 0.25) is 0 Å². The summed E-state index contributed by atoms with van der Waals surface area (Å²) in [6, 6.07) is 2.30. The van der Waals surface area contributed by atoms with Crippen LogP contribution in [0.1, 0.15) is 22.5 Å². The van der Waals surface area contributed by atoms with Gasteiger partial charge in [-0.3, -0.25) is 14.6 Å². The minimum atomic E-state index is -4.74. The van der Waals surface area contributed by atoms with Gasteiger partial charge in [-0.2, -0.15) is 13.2 Å². The number of carboxylic acids is 1. The fourth-order valence-corrected chi connectivity index (χ4v) is 2.20. The number of morpholine rings is 1. The van der Waals surface area contributed by atoms with Crippen LogP contribution in [0.3, 0.4) is 0 Å². The fourth-order valence-electron chi connectivity index (χ4n) is 2.20. The number of aliphatic carboxylic acids is 1. The van der Waals surface area contributed by atoms with Gasteiger partial charge in [0.05, 0.1) is 24.7 Å². The van der Waals surface area contributed by atoms with E-state index >= 15 is 0 Å². The van der Waals surface area contributed by atoms with Gasteiger partial charge in [0, 0.05) is 19.3 Å². The van der Waals surface area contributed by atoms with Crippen LogP contribution in [-0.2, 0) is 15.7 Å². The van der Waals surface area contributed by atoms with Crippen molar-refractivity contribution in [3.8, 4) is 0 Å². The summed E-state index contributed by atoms with van der Waals surface area (Å²) < 4.78 is 43.9. The molecule has 0 aliphatic carbocycles. The number of nitrogens with zero attached hydrogens (tertiary/aromatic N) is 2. The number of hydrogen-bond acceptors (Lipinski definition) is 4. The van der Waals surface area contributed by atoms with Crippen LogP contribution in [-0.4, -0.2) is 52.7 Å². The summed E-state index contributed by atoms with van der Waals surface area (Å²) in [6.45, 7) is 0.101. The standard InChI is InChI=1S/C13H13F3N2O4/c14-13(15,16)11-9(2-1-3-17-11)12(21)18-4-5-22-8(7-18)6-10(19)20/h1-3,8H,4-7H2,(H,19,20). The van der Waals surface area contributed by atoms with Crippen molar-refractivity contribution >= 4 is 11.9 Å². The molecule has 0 radical (unpaired) electrons. The first-order valence-corrected chi connectivity index (χ1v) is 6.44. The zero-order chi connectivity index (χ0) is 16.3. The van der Waals surface area contributed by atoms with Crippen LogP contribution in [0, 0.1) is 0 Å². The first-order valence-electron chi connectivity index (χ1n) is 6.44. The van der Waals surface area contributed by atoms with Gasteiger partial charge in [-0.15, -0.1) is 0 Å². The van der Waals surface area contributed by atoms with Gasteiger partial charge < -0.3 is 14.7 Å². The minimum Gasteiger partial charge on any atom is -0.481 e. The molecule has 1 N–H and O–H groups in total. The number of carbonyl (C=O) groups excluding carboxylic acids is 1. The Kier molecular flexibility index (Phi) is 4.65. The summed E-state index contributed by atoms with van der Waals surface area (Å²) in [6.07, 6.45) is -4.82. The van der Waals surface area contributed by atoms with E-state index < -0.39 is 35.4 Å². The molecular formula is C13H13F3N2O4. The number of amides is 1. The third-order valence-electron chi connectivity index (χ3n) is 3.13. The van der Waals surface area contributed by atoms with Crippen LogP contribution >= 0.6 is 0 Å². The summed E-state index contributed by atoms with van der Waals surface area (Å²) >= 11 is 0. The lowest BCUT2D eigenvalue weighted by Crippen LogP contribution is -2.46. The van der Waals surface area contributed by atoms with Crippen LogP contribution in [0.5, 0.6) is 0 Å². The van der Waals surface area contributed by atoms with Crippen LogP contribution in [0.4, 0.5) is 13.2 Å². The first kappa shape index (κ1) is 16.2. The first-order chi connectivity index (χ1) is 10.3. The highest BCUT2D eigenvalue weighted by Crippen LogP contribution is 2.30. The fraction of sp³-hybridized carbons (Fsp3) is 0.462. The Bertz CT molecular complexity index is 577. The van der Waals surface area contributed by atoms with Crippen LogP contribution < -0.4 is 0 Å². The molecule has 1 aromatic heterocycles. The molecular weight excluding hydrogens is 305 g/mol. The predicted molar refractivity (Wildman–Crippen MR) is 67.1 cm³/mol. The van der Waals surface area contributed by atoms with Gasteiger partial charge >= 0.3 is 12.1 Å². The van der Waals surface area contributed by atoms with Gasteiger partial charge in [-0.1, -0.05) is 0 Å². The largest absolute Gasteiger partial charge is 0.481 e. The van der Waals surface area contributed by atoms with E-state index in [1.807, 2.05) is 0 Å². The number of alkyl halides is 3. The van der Waals surface area contributed by atoms with Crippen molar-refractivity contribution in [2.24, 2.45) is 0 Å². The van der Waals surface area contributed by atoms with E-state index in [0.717, 1.165) is 17.2 Å². The second kappa shape index (κ2) is 6.30. The van der Waals surface area contributed by atoms with Crippen molar-refractivity contribution in [2.75, 3.05) is 19.7 Å². The van der Waals surface area contributed by atoms with E-state index in [9.17, 15) is 22.8 Å². The van der Waals surface area contributed by atoms with E-state index in [1.54, 1.807) is 0 Å². The molecule has 0 bridgehead atoms. The molecule has 1 aromatic rings. The smallest absolute Gasteiger partial charge is 0.434 e. The van der Waals surface area contributed by atoms with Crippen molar-refractivity contribution in [3.63, 3.8) is 0 Å². The van der Waals surface area contributed by atoms with Gasteiger partial charge in [-0.25, -0.2) is 0 Å². The molecule has 1 fully saturated rings. The van der Waals surface area contributed by atoms with Gasteiger partial charge in [0.1, 0.15) is 0 Å². The molecule has 0 spiro atoms. The summed E-state index contributed by atoms with van der Waals surface area (Å²) in [7, 11) is 0. The SMILES string of the molecule is O=C(O)CC1CN(C(=O)c2cccnc2C(F)(F)F)CCO1. The maximum atomic E-state index is 12.9. The van der Waals surface area contributed by atoms with Gasteiger partial charge in [-0.05, 0) is 12.1 Å². The number of carbonyl (C=O) groups is 2. The average Bonchev–Trinajstić information content (AvgIpc) is 2.45. The molecule has 1 saturated heterocycles. The number of aromatic nitrogens is 1. The third kappa shape index (κ3) is 3.73. The van der Waals surface area contributed by atoms with Crippen molar-refractivity contribution in [3.05, 3.63) is 29.6 Å². The van der Waals surface area contributed by atoms with E-state index in [1.165, 1.54) is 6.07 Å². The number of halogens is 3. The van der Waals surface area contributed by atoms with Crippen molar-refractivity contribution in [2.45, 2.75) is 18.7 Å². The van der Waals surface area contributed by atoms with Crippen LogP contribution in [0.25, 0.3) is 0 Å². The lowest BCUT2D eigenvalue weighted by Gasteiger charge is -2.32. The quantitative estimate of drug-likeness (QED) is 0.911. The number of hydrogen-bond donors (Lipinski definition) is 1. The Morgan fingerprint density at radius 1 is 1.45 bits per heavy atom. The number of ether oxygens (including phenoxy) is 1. The Balaban J connectivity index is 2.20. The summed E-state index contributed by atoms with van der Waals surface area (Å²) in [5.74, 6) is -1.93. The molecule has 9 heteroatoms. The molecule has 0 aromatic carbocycles. The molecule has 1 atom stereocenters. The molecule has 1 amide bonds. The topological polar surface area (TPSA) is 79.7 Å². The van der Waals surface area contributed by atoms with E-state index in [4.69, 9.17) is 9.84 Å². The molecule has 2 heterocycles. The molecule has 120 valence electrons. The monoisotopic (exact) mass is 318 g/mol. The van der Waals surface area contributed by atoms with Crippen LogP contribution in [0.15, 0.2) is 18.3 Å². The Morgan fingerprint density at radius 2 is 2.18 bits per heavy atom. The predicted octanol–water partition coefficient (Wildman–Crippen LogP) is 1.42. The second-order valence-corrected chi connectivity index (χ2v) is 4.74. The van der Waals surface area contributed by atoms with Crippen molar-refractivity contribution < 1.29 is 32.6 Å². The molecule has 0 saturated carbocycles. The lowest BCUT2D eigenvalue weighted by molar-refractivity contribution is -0.141. The minimum absolute atomic E-state index is 0.0721. The van der Waals surface area contributed by atoms with E-state index in [0.29, 0.717) is 0 Å². The van der Waals surface area contributed by atoms with Gasteiger partial charge in [0.15, 0.2) is 5.69 Å². The Morgan fingerprint density at radius 3 is 2.82 bits per heavy atom. The molecule has 22 heavy (non-hydrogen) atoms. The molecule has 1 unspecified atom stereocenters. The van der Waals surface area contributed by atoms with Gasteiger partial charge in [0.2, 0.25) is 0 Å². The van der Waals surface area contributed by atoms with Gasteiger partial charge in [0.25, 0.3) is 5.91 Å². The maximum absolute atomic E-state index is 12.9. The molecule has 6 nitrogen and oxygen atoms in total. The Labute approximate surface area is 123 Å². The Hall–Kier alpha value is -2.16.